The quantitative estimate of drug-likeness (QED) is 0.611. The fourth-order valence-corrected chi connectivity index (χ4v) is 4.56. The van der Waals surface area contributed by atoms with Crippen LogP contribution in [0, 0.1) is 5.92 Å². The number of hydrogen-bond acceptors (Lipinski definition) is 6. The van der Waals surface area contributed by atoms with Crippen LogP contribution in [0.15, 0.2) is 35.8 Å². The van der Waals surface area contributed by atoms with Gasteiger partial charge in [0.25, 0.3) is 5.91 Å². The fraction of sp³-hybridized carbons (Fsp3) is 0.409. The van der Waals surface area contributed by atoms with Gasteiger partial charge in [0, 0.05) is 55.4 Å². The highest BCUT2D eigenvalue weighted by Gasteiger charge is 2.31. The second kappa shape index (κ2) is 8.20. The van der Waals surface area contributed by atoms with Gasteiger partial charge in [-0.05, 0) is 36.5 Å². The number of benzene rings is 1. The Morgan fingerprint density at radius 3 is 2.83 bits per heavy atom. The predicted octanol–water partition coefficient (Wildman–Crippen LogP) is 2.94. The average Bonchev–Trinajstić information content (AvgIpc) is 3.28. The van der Waals surface area contributed by atoms with E-state index >= 15 is 0 Å². The summed E-state index contributed by atoms with van der Waals surface area (Å²) in [4.78, 5) is 19.6. The van der Waals surface area contributed by atoms with Crippen LogP contribution in [0.4, 0.5) is 0 Å². The van der Waals surface area contributed by atoms with Gasteiger partial charge in [0.1, 0.15) is 10.8 Å². The maximum absolute atomic E-state index is 13.0. The number of rotatable bonds is 7. The van der Waals surface area contributed by atoms with E-state index in [2.05, 4.69) is 19.9 Å². The molecule has 0 bridgehead atoms. The highest BCUT2D eigenvalue weighted by molar-refractivity contribution is 7.09. The van der Waals surface area contributed by atoms with Crippen LogP contribution in [0.25, 0.3) is 0 Å². The number of nitrogens with zero attached hydrogens (tertiary/aromatic N) is 4. The second-order valence-electron chi connectivity index (χ2n) is 8.13. The first-order chi connectivity index (χ1) is 14.7. The molecule has 2 aromatic heterocycles. The fourth-order valence-electron chi connectivity index (χ4n) is 4.00. The van der Waals surface area contributed by atoms with E-state index < -0.39 is 0 Å². The zero-order chi connectivity index (χ0) is 20.5. The molecule has 7 nitrogen and oxygen atoms in total. The van der Waals surface area contributed by atoms with Crippen LogP contribution in [-0.4, -0.2) is 37.2 Å². The lowest BCUT2D eigenvalue weighted by Gasteiger charge is -2.27. The smallest absolute Gasteiger partial charge is 0.272 e. The SMILES string of the molecule is O=C(NCc1nccs1)c1nn(CC2CC2)c2c1CN(Cc1ccc(O)cc1)CC2. The van der Waals surface area contributed by atoms with Crippen LogP contribution in [0.3, 0.4) is 0 Å². The molecule has 1 amide bonds. The van der Waals surface area contributed by atoms with Gasteiger partial charge in [0.05, 0.1) is 6.54 Å². The second-order valence-corrected chi connectivity index (χ2v) is 9.11. The van der Waals surface area contributed by atoms with Crippen molar-refractivity contribution in [1.29, 1.82) is 0 Å². The summed E-state index contributed by atoms with van der Waals surface area (Å²) in [5.41, 5.74) is 3.97. The number of phenolic OH excluding ortho intramolecular Hbond substituents is 1. The lowest BCUT2D eigenvalue weighted by atomic mass is 10.0. The maximum Gasteiger partial charge on any atom is 0.272 e. The lowest BCUT2D eigenvalue weighted by molar-refractivity contribution is 0.0942. The van der Waals surface area contributed by atoms with E-state index in [1.807, 2.05) is 17.5 Å². The summed E-state index contributed by atoms with van der Waals surface area (Å²) in [5.74, 6) is 0.859. The monoisotopic (exact) mass is 423 g/mol. The normalized spacial score (nSPS) is 16.4. The molecular formula is C22H25N5O2S. The summed E-state index contributed by atoms with van der Waals surface area (Å²) in [6, 6.07) is 7.33. The zero-order valence-corrected chi connectivity index (χ0v) is 17.6. The van der Waals surface area contributed by atoms with Gasteiger partial charge in [0.2, 0.25) is 0 Å². The van der Waals surface area contributed by atoms with Gasteiger partial charge >= 0.3 is 0 Å². The molecule has 5 rings (SSSR count). The number of amides is 1. The van der Waals surface area contributed by atoms with Gasteiger partial charge in [0.15, 0.2) is 5.69 Å². The molecule has 1 aliphatic carbocycles. The average molecular weight is 424 g/mol. The number of carbonyl (C=O) groups excluding carboxylic acids is 1. The van der Waals surface area contributed by atoms with Crippen molar-refractivity contribution >= 4 is 17.2 Å². The molecule has 2 aliphatic rings. The Morgan fingerprint density at radius 1 is 1.27 bits per heavy atom. The number of thiazole rings is 1. The number of fused-ring (bicyclic) bond motifs is 1. The summed E-state index contributed by atoms with van der Waals surface area (Å²) in [6.45, 7) is 3.77. The molecule has 0 spiro atoms. The van der Waals surface area contributed by atoms with Crippen molar-refractivity contribution in [3.63, 3.8) is 0 Å². The lowest BCUT2D eigenvalue weighted by Crippen LogP contribution is -2.32. The Bertz CT molecular complexity index is 1020. The molecule has 1 saturated carbocycles. The molecule has 3 aromatic rings. The Balaban J connectivity index is 1.35. The summed E-state index contributed by atoms with van der Waals surface area (Å²) < 4.78 is 2.09. The van der Waals surface area contributed by atoms with Crippen LogP contribution in [0.5, 0.6) is 5.75 Å². The molecule has 1 aromatic carbocycles. The van der Waals surface area contributed by atoms with Crippen molar-refractivity contribution in [2.45, 2.75) is 45.4 Å². The Morgan fingerprint density at radius 2 is 2.10 bits per heavy atom. The first-order valence-electron chi connectivity index (χ1n) is 10.4. The van der Waals surface area contributed by atoms with Crippen molar-refractivity contribution in [2.75, 3.05) is 6.54 Å². The molecule has 30 heavy (non-hydrogen) atoms. The van der Waals surface area contributed by atoms with Crippen molar-refractivity contribution in [3.05, 3.63) is 63.4 Å². The van der Waals surface area contributed by atoms with E-state index in [9.17, 15) is 9.90 Å². The summed E-state index contributed by atoms with van der Waals surface area (Å²) >= 11 is 1.54. The van der Waals surface area contributed by atoms with Crippen LogP contribution in [-0.2, 0) is 32.6 Å². The van der Waals surface area contributed by atoms with Gasteiger partial charge < -0.3 is 10.4 Å². The van der Waals surface area contributed by atoms with Gasteiger partial charge in [-0.25, -0.2) is 4.98 Å². The Kier molecular flexibility index (Phi) is 5.26. The van der Waals surface area contributed by atoms with Crippen LogP contribution >= 0.6 is 11.3 Å². The zero-order valence-electron chi connectivity index (χ0n) is 16.8. The minimum atomic E-state index is -0.123. The third-order valence-corrected chi connectivity index (χ3v) is 6.56. The van der Waals surface area contributed by atoms with Crippen molar-refractivity contribution in [3.8, 4) is 5.75 Å². The van der Waals surface area contributed by atoms with Crippen molar-refractivity contribution in [1.82, 2.24) is 25.0 Å². The molecule has 1 fully saturated rings. The van der Waals surface area contributed by atoms with Gasteiger partial charge in [-0.2, -0.15) is 5.10 Å². The topological polar surface area (TPSA) is 83.3 Å². The van der Waals surface area contributed by atoms with Crippen molar-refractivity contribution in [2.24, 2.45) is 5.92 Å². The molecule has 0 saturated heterocycles. The highest BCUT2D eigenvalue weighted by atomic mass is 32.1. The Hall–Kier alpha value is -2.71. The summed E-state index contributed by atoms with van der Waals surface area (Å²) in [5, 5.41) is 20.1. The van der Waals surface area contributed by atoms with E-state index in [4.69, 9.17) is 5.10 Å². The third-order valence-electron chi connectivity index (χ3n) is 5.78. The third kappa shape index (κ3) is 4.24. The van der Waals surface area contributed by atoms with Gasteiger partial charge in [-0.3, -0.25) is 14.4 Å². The highest BCUT2D eigenvalue weighted by Crippen LogP contribution is 2.33. The van der Waals surface area contributed by atoms with E-state index in [1.54, 1.807) is 18.3 Å². The molecule has 0 atom stereocenters. The summed E-state index contributed by atoms with van der Waals surface area (Å²) in [7, 11) is 0. The predicted molar refractivity (Wildman–Crippen MR) is 114 cm³/mol. The number of nitrogens with one attached hydrogen (secondary N) is 1. The van der Waals surface area contributed by atoms with Crippen LogP contribution in [0.2, 0.25) is 0 Å². The van der Waals surface area contributed by atoms with Gasteiger partial charge in [-0.1, -0.05) is 12.1 Å². The van der Waals surface area contributed by atoms with E-state index in [0.29, 0.717) is 24.7 Å². The minimum absolute atomic E-state index is 0.123. The van der Waals surface area contributed by atoms with E-state index in [1.165, 1.54) is 29.9 Å². The standard InChI is InChI=1S/C22H25N5O2S/c28-17-5-3-15(4-6-17)12-26-9-7-19-18(14-26)21(25-27(19)13-16-1-2-16)22(29)24-11-20-23-8-10-30-20/h3-6,8,10,16,28H,1-2,7,9,11-14H2,(H,24,29). The molecule has 8 heteroatoms. The molecule has 2 N–H and O–H groups in total. The number of carbonyl (C=O) groups is 1. The molecule has 0 unspecified atom stereocenters. The Labute approximate surface area is 179 Å². The largest absolute Gasteiger partial charge is 0.508 e. The first-order valence-corrected chi connectivity index (χ1v) is 11.3. The molecular weight excluding hydrogens is 398 g/mol. The number of phenols is 1. The summed E-state index contributed by atoms with van der Waals surface area (Å²) in [6.07, 6.45) is 5.16. The van der Waals surface area contributed by atoms with Gasteiger partial charge in [-0.15, -0.1) is 11.3 Å². The number of aromatic hydroxyl groups is 1. The maximum atomic E-state index is 13.0. The van der Waals surface area contributed by atoms with E-state index in [-0.39, 0.29) is 11.7 Å². The number of hydrogen-bond donors (Lipinski definition) is 2. The molecule has 3 heterocycles. The molecule has 0 radical (unpaired) electrons. The minimum Gasteiger partial charge on any atom is -0.508 e. The van der Waals surface area contributed by atoms with E-state index in [0.717, 1.165) is 42.2 Å². The number of aromatic nitrogens is 3. The van der Waals surface area contributed by atoms with Crippen LogP contribution in [0.1, 0.15) is 45.2 Å². The van der Waals surface area contributed by atoms with Crippen LogP contribution < -0.4 is 5.32 Å². The molecule has 156 valence electrons. The van der Waals surface area contributed by atoms with Crippen molar-refractivity contribution < 1.29 is 9.90 Å². The molecule has 1 aliphatic heterocycles. The first kappa shape index (κ1) is 19.3.